The predicted octanol–water partition coefficient (Wildman–Crippen LogP) is 4.26. The van der Waals surface area contributed by atoms with Crippen LogP contribution in [0.2, 0.25) is 5.02 Å². The molecule has 0 atom stereocenters. The molecule has 1 saturated heterocycles. The molecular weight excluding hydrogens is 516 g/mol. The molecule has 37 heavy (non-hydrogen) atoms. The number of aromatic nitrogens is 2. The highest BCUT2D eigenvalue weighted by atomic mass is 35.5. The Labute approximate surface area is 222 Å². The van der Waals surface area contributed by atoms with E-state index in [9.17, 15) is 13.2 Å². The zero-order chi connectivity index (χ0) is 26.7. The van der Waals surface area contributed by atoms with Gasteiger partial charge >= 0.3 is 0 Å². The lowest BCUT2D eigenvalue weighted by Gasteiger charge is -2.30. The van der Waals surface area contributed by atoms with Crippen LogP contribution in [-0.2, 0) is 21.4 Å². The zero-order valence-electron chi connectivity index (χ0n) is 21.3. The lowest BCUT2D eigenvalue weighted by atomic mass is 9.97. The second kappa shape index (κ2) is 11.1. The minimum atomic E-state index is -3.62. The Bertz CT molecular complexity index is 1380. The van der Waals surface area contributed by atoms with E-state index in [4.69, 9.17) is 21.1 Å². The molecule has 9 nitrogen and oxygen atoms in total. The van der Waals surface area contributed by atoms with E-state index in [1.54, 1.807) is 26.4 Å². The van der Waals surface area contributed by atoms with Crippen molar-refractivity contribution in [3.8, 4) is 11.5 Å². The van der Waals surface area contributed by atoms with Crippen LogP contribution in [0.4, 0.5) is 5.69 Å². The van der Waals surface area contributed by atoms with Gasteiger partial charge in [-0.1, -0.05) is 17.7 Å². The van der Waals surface area contributed by atoms with E-state index in [1.807, 2.05) is 36.7 Å². The molecule has 1 aliphatic rings. The van der Waals surface area contributed by atoms with Crippen LogP contribution in [0.15, 0.2) is 47.4 Å². The Morgan fingerprint density at radius 2 is 1.70 bits per heavy atom. The van der Waals surface area contributed by atoms with Gasteiger partial charge in [-0.15, -0.1) is 0 Å². The summed E-state index contributed by atoms with van der Waals surface area (Å²) in [6.07, 6.45) is 0.882. The van der Waals surface area contributed by atoms with Gasteiger partial charge in [0.25, 0.3) is 0 Å². The lowest BCUT2D eigenvalue weighted by Crippen LogP contribution is -2.41. The largest absolute Gasteiger partial charge is 0.493 e. The summed E-state index contributed by atoms with van der Waals surface area (Å²) in [5, 5.41) is 8.13. The molecule has 0 aliphatic carbocycles. The Morgan fingerprint density at radius 3 is 2.32 bits per heavy atom. The maximum Gasteiger partial charge on any atom is 0.243 e. The molecule has 1 aliphatic heterocycles. The maximum atomic E-state index is 13.1. The molecule has 4 rings (SSSR count). The number of halogens is 1. The molecule has 0 saturated carbocycles. The van der Waals surface area contributed by atoms with Crippen LogP contribution in [0, 0.1) is 19.8 Å². The van der Waals surface area contributed by atoms with Crippen molar-refractivity contribution in [2.75, 3.05) is 32.6 Å². The van der Waals surface area contributed by atoms with E-state index < -0.39 is 10.0 Å². The van der Waals surface area contributed by atoms with E-state index in [0.29, 0.717) is 47.3 Å². The number of anilines is 1. The first-order chi connectivity index (χ1) is 17.6. The van der Waals surface area contributed by atoms with Gasteiger partial charge in [-0.3, -0.25) is 9.48 Å². The van der Waals surface area contributed by atoms with Crippen molar-refractivity contribution in [1.29, 1.82) is 0 Å². The third kappa shape index (κ3) is 5.76. The number of amides is 1. The number of ether oxygens (including phenoxy) is 2. The molecule has 3 aromatic rings. The van der Waals surface area contributed by atoms with Crippen molar-refractivity contribution >= 4 is 33.2 Å². The van der Waals surface area contributed by atoms with Gasteiger partial charge in [-0.2, -0.15) is 9.40 Å². The molecule has 0 spiro atoms. The molecule has 11 heteroatoms. The topological polar surface area (TPSA) is 103 Å². The fourth-order valence-corrected chi connectivity index (χ4v) is 6.12. The van der Waals surface area contributed by atoms with E-state index in [-0.39, 0.29) is 29.8 Å². The van der Waals surface area contributed by atoms with Crippen LogP contribution < -0.4 is 14.8 Å². The SMILES string of the molecule is COc1ccc(Cn2nc(C)c(NC(=O)C3CCN(S(=O)(=O)c4ccc(Cl)cc4)CC3)c2C)cc1OC. The highest BCUT2D eigenvalue weighted by Gasteiger charge is 2.32. The summed E-state index contributed by atoms with van der Waals surface area (Å²) in [6.45, 7) is 4.83. The van der Waals surface area contributed by atoms with Crippen LogP contribution in [0.3, 0.4) is 0 Å². The first-order valence-corrected chi connectivity index (χ1v) is 13.8. The molecule has 1 N–H and O–H groups in total. The molecule has 1 fully saturated rings. The Balaban J connectivity index is 1.40. The second-order valence-corrected chi connectivity index (χ2v) is 11.4. The number of piperidine rings is 1. The Kier molecular flexibility index (Phi) is 8.11. The first-order valence-electron chi connectivity index (χ1n) is 12.0. The van der Waals surface area contributed by atoms with Crippen molar-refractivity contribution in [1.82, 2.24) is 14.1 Å². The number of hydrogen-bond donors (Lipinski definition) is 1. The van der Waals surface area contributed by atoms with Gasteiger partial charge in [0.1, 0.15) is 0 Å². The molecule has 1 amide bonds. The van der Waals surface area contributed by atoms with Crippen LogP contribution in [-0.4, -0.2) is 55.7 Å². The maximum absolute atomic E-state index is 13.1. The quantitative estimate of drug-likeness (QED) is 0.453. The fourth-order valence-electron chi connectivity index (χ4n) is 4.52. The standard InChI is InChI=1S/C26H31ClN4O5S/c1-17-25(18(2)31(29-17)16-19-5-10-23(35-3)24(15-19)36-4)28-26(32)20-11-13-30(14-12-20)37(33,34)22-8-6-21(27)7-9-22/h5-10,15,20H,11-14,16H2,1-4H3,(H,28,32). The number of aryl methyl sites for hydroxylation is 1. The number of benzene rings is 2. The predicted molar refractivity (Wildman–Crippen MR) is 142 cm³/mol. The third-order valence-corrected chi connectivity index (χ3v) is 8.85. The van der Waals surface area contributed by atoms with E-state index in [2.05, 4.69) is 10.4 Å². The summed E-state index contributed by atoms with van der Waals surface area (Å²) in [4.78, 5) is 13.3. The average molecular weight is 547 g/mol. The number of hydrogen-bond acceptors (Lipinski definition) is 6. The van der Waals surface area contributed by atoms with E-state index >= 15 is 0 Å². The number of methoxy groups -OCH3 is 2. The molecule has 2 aromatic carbocycles. The monoisotopic (exact) mass is 546 g/mol. The van der Waals surface area contributed by atoms with Gasteiger partial charge in [-0.05, 0) is 68.7 Å². The van der Waals surface area contributed by atoms with Crippen LogP contribution in [0.1, 0.15) is 29.8 Å². The average Bonchev–Trinajstić information content (AvgIpc) is 3.16. The zero-order valence-corrected chi connectivity index (χ0v) is 22.9. The number of nitrogens with one attached hydrogen (secondary N) is 1. The molecular formula is C26H31ClN4O5S. The summed E-state index contributed by atoms with van der Waals surface area (Å²) in [7, 11) is -0.437. The number of sulfonamides is 1. The number of carbonyl (C=O) groups is 1. The summed E-state index contributed by atoms with van der Waals surface area (Å²) in [5.74, 6) is 0.879. The van der Waals surface area contributed by atoms with Crippen LogP contribution in [0.25, 0.3) is 0 Å². The molecule has 198 valence electrons. The molecule has 0 bridgehead atoms. The molecule has 2 heterocycles. The highest BCUT2D eigenvalue weighted by molar-refractivity contribution is 7.89. The smallest absolute Gasteiger partial charge is 0.243 e. The van der Waals surface area contributed by atoms with Crippen molar-refractivity contribution in [2.45, 2.75) is 38.1 Å². The highest BCUT2D eigenvalue weighted by Crippen LogP contribution is 2.30. The van der Waals surface area contributed by atoms with E-state index in [0.717, 1.165) is 11.3 Å². The Morgan fingerprint density at radius 1 is 1.05 bits per heavy atom. The van der Waals surface area contributed by atoms with Crippen molar-refractivity contribution in [3.63, 3.8) is 0 Å². The first kappa shape index (κ1) is 27.0. The molecule has 0 radical (unpaired) electrons. The van der Waals surface area contributed by atoms with Crippen LogP contribution >= 0.6 is 11.6 Å². The number of carbonyl (C=O) groups excluding carboxylic acids is 1. The van der Waals surface area contributed by atoms with E-state index in [1.165, 1.54) is 16.4 Å². The summed E-state index contributed by atoms with van der Waals surface area (Å²) in [6, 6.07) is 11.8. The van der Waals surface area contributed by atoms with Gasteiger partial charge in [0.15, 0.2) is 11.5 Å². The van der Waals surface area contributed by atoms with Gasteiger partial charge < -0.3 is 14.8 Å². The van der Waals surface area contributed by atoms with Crippen LogP contribution in [0.5, 0.6) is 11.5 Å². The van der Waals surface area contributed by atoms with Gasteiger partial charge in [0.2, 0.25) is 15.9 Å². The number of rotatable bonds is 8. The molecule has 1 aromatic heterocycles. The van der Waals surface area contributed by atoms with Crippen molar-refractivity contribution in [2.24, 2.45) is 5.92 Å². The summed E-state index contributed by atoms with van der Waals surface area (Å²) >= 11 is 5.89. The van der Waals surface area contributed by atoms with Gasteiger partial charge in [-0.25, -0.2) is 8.42 Å². The fraction of sp³-hybridized carbons (Fsp3) is 0.385. The van der Waals surface area contributed by atoms with Gasteiger partial charge in [0.05, 0.1) is 42.7 Å². The summed E-state index contributed by atoms with van der Waals surface area (Å²) < 4.78 is 39.8. The van der Waals surface area contributed by atoms with Crippen molar-refractivity contribution in [3.05, 3.63) is 64.4 Å². The minimum Gasteiger partial charge on any atom is -0.493 e. The normalized spacial score (nSPS) is 14.9. The van der Waals surface area contributed by atoms with Gasteiger partial charge in [0, 0.05) is 24.0 Å². The number of nitrogens with zero attached hydrogens (tertiary/aromatic N) is 3. The summed E-state index contributed by atoms with van der Waals surface area (Å²) in [5.41, 5.74) is 3.22. The minimum absolute atomic E-state index is 0.125. The molecule has 0 unspecified atom stereocenters. The lowest BCUT2D eigenvalue weighted by molar-refractivity contribution is -0.120. The Hall–Kier alpha value is -3.08. The second-order valence-electron chi connectivity index (χ2n) is 9.01. The van der Waals surface area contributed by atoms with Crippen molar-refractivity contribution < 1.29 is 22.7 Å². The third-order valence-electron chi connectivity index (χ3n) is 6.69.